The average molecular weight is 741 g/mol. The van der Waals surface area contributed by atoms with E-state index >= 15 is 0 Å². The van der Waals surface area contributed by atoms with E-state index in [1.54, 1.807) is 0 Å². The molecule has 10 aromatic carbocycles. The zero-order chi connectivity index (χ0) is 38.7. The van der Waals surface area contributed by atoms with Crippen LogP contribution in [0.25, 0.3) is 54.9 Å². The lowest BCUT2D eigenvalue weighted by Crippen LogP contribution is -2.10. The van der Waals surface area contributed by atoms with Gasteiger partial charge in [0.25, 0.3) is 0 Å². The van der Waals surface area contributed by atoms with Crippen LogP contribution in [0.3, 0.4) is 0 Å². The number of nitrogens with zero attached hydrogens (tertiary/aromatic N) is 2. The molecule has 0 N–H and O–H groups in total. The Labute approximate surface area is 340 Å². The second-order valence-electron chi connectivity index (χ2n) is 14.6. The van der Waals surface area contributed by atoms with Gasteiger partial charge < -0.3 is 9.80 Å². The molecule has 58 heavy (non-hydrogen) atoms. The Hall–Kier alpha value is -7.68. The molecule has 274 valence electrons. The molecule has 10 rings (SSSR count). The van der Waals surface area contributed by atoms with Gasteiger partial charge in [-0.15, -0.1) is 0 Å². The fraction of sp³-hybridized carbons (Fsp3) is 0. The highest BCUT2D eigenvalue weighted by molar-refractivity contribution is 6.14. The highest BCUT2D eigenvalue weighted by Gasteiger charge is 2.18. The molecule has 0 aliphatic rings. The summed E-state index contributed by atoms with van der Waals surface area (Å²) in [4.78, 5) is 4.72. The number of fused-ring (bicyclic) bond motifs is 3. The number of para-hydroxylation sites is 1. The summed E-state index contributed by atoms with van der Waals surface area (Å²) in [6.07, 6.45) is 0. The van der Waals surface area contributed by atoms with Crippen LogP contribution in [0, 0.1) is 0 Å². The van der Waals surface area contributed by atoms with Crippen LogP contribution in [0.1, 0.15) is 0 Å². The van der Waals surface area contributed by atoms with Crippen molar-refractivity contribution in [2.24, 2.45) is 0 Å². The van der Waals surface area contributed by atoms with Gasteiger partial charge in [0.05, 0.1) is 5.69 Å². The summed E-state index contributed by atoms with van der Waals surface area (Å²) in [5.41, 5.74) is 13.8. The standard InChI is InChI=1S/C56H40N2/c1-4-14-41(15-5-1)43-24-32-49(33-25-43)57(48-19-8-3-9-20-48)50-34-26-45(27-35-50)46-30-38-52(39-31-46)58(51-36-28-44(29-37-51)42-16-6-2-7-17-42)56-40-47-18-10-11-21-53(47)54-22-12-13-23-55(54)56/h1-40H. The molecule has 0 amide bonds. The number of anilines is 6. The molecule has 2 heteroatoms. The SMILES string of the molecule is c1ccc(-c2ccc(N(c3ccccc3)c3ccc(-c4ccc(N(c5ccc(-c6ccccc6)cc5)c5cc6ccccc6c6ccccc56)cc4)cc3)cc2)cc1. The van der Waals surface area contributed by atoms with Gasteiger partial charge in [-0.1, -0.05) is 176 Å². The molecule has 0 fully saturated rings. The zero-order valence-corrected chi connectivity index (χ0v) is 32.0. The summed E-state index contributed by atoms with van der Waals surface area (Å²) < 4.78 is 0. The van der Waals surface area contributed by atoms with Crippen LogP contribution >= 0.6 is 0 Å². The van der Waals surface area contributed by atoms with Crippen molar-refractivity contribution in [3.05, 3.63) is 243 Å². The van der Waals surface area contributed by atoms with Crippen molar-refractivity contribution in [1.29, 1.82) is 0 Å². The lowest BCUT2D eigenvalue weighted by Gasteiger charge is -2.28. The van der Waals surface area contributed by atoms with Crippen molar-refractivity contribution < 1.29 is 0 Å². The first-order chi connectivity index (χ1) is 28.8. The lowest BCUT2D eigenvalue weighted by atomic mass is 9.98. The van der Waals surface area contributed by atoms with Gasteiger partial charge in [0.1, 0.15) is 0 Å². The molecule has 0 saturated carbocycles. The van der Waals surface area contributed by atoms with Crippen LogP contribution in [0.2, 0.25) is 0 Å². The normalized spacial score (nSPS) is 11.1. The Bertz CT molecular complexity index is 2940. The molecule has 0 spiro atoms. The third kappa shape index (κ3) is 6.78. The highest BCUT2D eigenvalue weighted by atomic mass is 15.1. The van der Waals surface area contributed by atoms with Crippen molar-refractivity contribution in [2.45, 2.75) is 0 Å². The van der Waals surface area contributed by atoms with E-state index in [1.165, 1.54) is 43.8 Å². The van der Waals surface area contributed by atoms with Crippen LogP contribution in [-0.2, 0) is 0 Å². The molecule has 0 saturated heterocycles. The topological polar surface area (TPSA) is 6.48 Å². The first-order valence-corrected chi connectivity index (χ1v) is 19.8. The minimum Gasteiger partial charge on any atom is -0.311 e. The molecule has 0 atom stereocenters. The monoisotopic (exact) mass is 740 g/mol. The number of hydrogen-bond donors (Lipinski definition) is 0. The first kappa shape index (κ1) is 34.8. The third-order valence-corrected chi connectivity index (χ3v) is 11.1. The van der Waals surface area contributed by atoms with Gasteiger partial charge in [0.15, 0.2) is 0 Å². The van der Waals surface area contributed by atoms with E-state index in [0.717, 1.165) is 45.3 Å². The van der Waals surface area contributed by atoms with E-state index < -0.39 is 0 Å². The van der Waals surface area contributed by atoms with Gasteiger partial charge >= 0.3 is 0 Å². The minimum absolute atomic E-state index is 1.10. The molecule has 0 radical (unpaired) electrons. The molecule has 0 unspecified atom stereocenters. The summed E-state index contributed by atoms with van der Waals surface area (Å²) in [5.74, 6) is 0. The van der Waals surface area contributed by atoms with E-state index in [0.29, 0.717) is 0 Å². The van der Waals surface area contributed by atoms with Crippen molar-refractivity contribution in [2.75, 3.05) is 9.80 Å². The highest BCUT2D eigenvalue weighted by Crippen LogP contribution is 2.43. The van der Waals surface area contributed by atoms with Crippen molar-refractivity contribution >= 4 is 55.7 Å². The molecule has 0 bridgehead atoms. The first-order valence-electron chi connectivity index (χ1n) is 19.8. The van der Waals surface area contributed by atoms with Crippen molar-refractivity contribution in [1.82, 2.24) is 0 Å². The predicted molar refractivity (Wildman–Crippen MR) is 247 cm³/mol. The number of rotatable bonds is 9. The molecule has 0 aromatic heterocycles. The van der Waals surface area contributed by atoms with Gasteiger partial charge in [0, 0.05) is 33.8 Å². The van der Waals surface area contributed by atoms with Crippen molar-refractivity contribution in [3.63, 3.8) is 0 Å². The van der Waals surface area contributed by atoms with Gasteiger partial charge in [-0.2, -0.15) is 0 Å². The van der Waals surface area contributed by atoms with Gasteiger partial charge in [0.2, 0.25) is 0 Å². The van der Waals surface area contributed by atoms with E-state index in [-0.39, 0.29) is 0 Å². The fourth-order valence-corrected chi connectivity index (χ4v) is 8.14. The van der Waals surface area contributed by atoms with Crippen LogP contribution in [-0.4, -0.2) is 0 Å². The van der Waals surface area contributed by atoms with Gasteiger partial charge in [-0.05, 0) is 116 Å². The molecule has 0 heterocycles. The van der Waals surface area contributed by atoms with E-state index in [9.17, 15) is 0 Å². The Kier molecular flexibility index (Phi) is 9.27. The maximum atomic E-state index is 2.40. The summed E-state index contributed by atoms with van der Waals surface area (Å²) in [7, 11) is 0. The summed E-state index contributed by atoms with van der Waals surface area (Å²) in [6, 6.07) is 87.2. The molecular weight excluding hydrogens is 701 g/mol. The Balaban J connectivity index is 1.01. The molecule has 2 nitrogen and oxygen atoms in total. The maximum absolute atomic E-state index is 2.40. The molecule has 0 aliphatic carbocycles. The van der Waals surface area contributed by atoms with Crippen molar-refractivity contribution in [3.8, 4) is 33.4 Å². The second kappa shape index (κ2) is 15.5. The Morgan fingerprint density at radius 3 is 0.966 bits per heavy atom. The van der Waals surface area contributed by atoms with E-state index in [2.05, 4.69) is 252 Å². The van der Waals surface area contributed by atoms with Gasteiger partial charge in [-0.25, -0.2) is 0 Å². The molecule has 10 aromatic rings. The smallest absolute Gasteiger partial charge is 0.0546 e. The second-order valence-corrected chi connectivity index (χ2v) is 14.6. The quantitative estimate of drug-likeness (QED) is 0.136. The zero-order valence-electron chi connectivity index (χ0n) is 32.0. The summed E-state index contributed by atoms with van der Waals surface area (Å²) in [5, 5.41) is 4.94. The lowest BCUT2D eigenvalue weighted by molar-refractivity contribution is 1.28. The largest absolute Gasteiger partial charge is 0.311 e. The van der Waals surface area contributed by atoms with Crippen LogP contribution in [0.15, 0.2) is 243 Å². The maximum Gasteiger partial charge on any atom is 0.0546 e. The molecular formula is C56H40N2. The summed E-state index contributed by atoms with van der Waals surface area (Å²) >= 11 is 0. The van der Waals surface area contributed by atoms with Crippen LogP contribution in [0.5, 0.6) is 0 Å². The summed E-state index contributed by atoms with van der Waals surface area (Å²) in [6.45, 7) is 0. The average Bonchev–Trinajstić information content (AvgIpc) is 3.31. The van der Waals surface area contributed by atoms with Crippen LogP contribution in [0.4, 0.5) is 34.1 Å². The van der Waals surface area contributed by atoms with Crippen LogP contribution < -0.4 is 9.80 Å². The Morgan fingerprint density at radius 2 is 0.517 bits per heavy atom. The number of hydrogen-bond acceptors (Lipinski definition) is 2. The molecule has 0 aliphatic heterocycles. The van der Waals surface area contributed by atoms with Gasteiger partial charge in [-0.3, -0.25) is 0 Å². The van der Waals surface area contributed by atoms with E-state index in [4.69, 9.17) is 0 Å². The number of benzene rings is 10. The predicted octanol–water partition coefficient (Wildman–Crippen LogP) is 15.9. The van der Waals surface area contributed by atoms with E-state index in [1.807, 2.05) is 0 Å². The fourth-order valence-electron chi connectivity index (χ4n) is 8.14. The Morgan fingerprint density at radius 1 is 0.207 bits per heavy atom. The third-order valence-electron chi connectivity index (χ3n) is 11.1. The minimum atomic E-state index is 1.10.